The normalized spacial score (nSPS) is 13.0. The second-order valence-corrected chi connectivity index (χ2v) is 7.52. The first-order chi connectivity index (χ1) is 16.0. The van der Waals surface area contributed by atoms with Crippen LogP contribution in [0.5, 0.6) is 0 Å². The fourth-order valence-corrected chi connectivity index (χ4v) is 3.76. The van der Waals surface area contributed by atoms with Gasteiger partial charge in [-0.2, -0.15) is 0 Å². The molecule has 0 saturated carbocycles. The highest BCUT2D eigenvalue weighted by atomic mass is 16.5. The van der Waals surface area contributed by atoms with Gasteiger partial charge in [-0.15, -0.1) is 0 Å². The molecule has 0 spiro atoms. The first kappa shape index (κ1) is 24.2. The van der Waals surface area contributed by atoms with Crippen molar-refractivity contribution in [2.45, 2.75) is 18.4 Å². The highest BCUT2D eigenvalue weighted by Gasteiger charge is 2.29. The van der Waals surface area contributed by atoms with Gasteiger partial charge in [0, 0.05) is 19.6 Å². The summed E-state index contributed by atoms with van der Waals surface area (Å²) in [5.41, 5.74) is 4.45. The second kappa shape index (κ2) is 12.0. The largest absolute Gasteiger partial charge is 0.481 e. The number of benzene rings is 2. The topological polar surface area (TPSA) is 123 Å². The van der Waals surface area contributed by atoms with Crippen molar-refractivity contribution in [2.75, 3.05) is 40.1 Å². The molecule has 1 unspecified atom stereocenters. The molecular weight excluding hydrogens is 428 g/mol. The van der Waals surface area contributed by atoms with Crippen molar-refractivity contribution < 1.29 is 33.7 Å². The summed E-state index contributed by atoms with van der Waals surface area (Å²) in [5.74, 6) is -1.49. The van der Waals surface area contributed by atoms with Crippen LogP contribution in [0.2, 0.25) is 0 Å². The number of rotatable bonds is 12. The minimum absolute atomic E-state index is 0.0318. The monoisotopic (exact) mass is 456 g/mol. The third kappa shape index (κ3) is 6.53. The zero-order valence-corrected chi connectivity index (χ0v) is 18.4. The van der Waals surface area contributed by atoms with Gasteiger partial charge < -0.3 is 30.0 Å². The predicted octanol–water partition coefficient (Wildman–Crippen LogP) is 2.15. The van der Waals surface area contributed by atoms with Crippen molar-refractivity contribution in [1.82, 2.24) is 10.6 Å². The fourth-order valence-electron chi connectivity index (χ4n) is 3.76. The highest BCUT2D eigenvalue weighted by Crippen LogP contribution is 2.44. The molecule has 1 atom stereocenters. The van der Waals surface area contributed by atoms with Crippen molar-refractivity contribution in [2.24, 2.45) is 0 Å². The predicted molar refractivity (Wildman–Crippen MR) is 120 cm³/mol. The molecule has 1 aliphatic rings. The summed E-state index contributed by atoms with van der Waals surface area (Å²) in [6, 6.07) is 15.1. The minimum Gasteiger partial charge on any atom is -0.481 e. The standard InChI is InChI=1S/C24H28N2O7/c1-31-15-21(23(29)25-11-13-32-12-10-22(27)28)26-24(30)33-14-20-18-8-4-2-6-16(18)17-7-3-5-9-19(17)20/h2-9,20-21H,10-15H2,1H3,(H,25,29)(H,26,30)(H,27,28). The second-order valence-electron chi connectivity index (χ2n) is 7.52. The number of hydrogen-bond donors (Lipinski definition) is 3. The number of nitrogens with one attached hydrogen (secondary N) is 2. The molecule has 3 rings (SSSR count). The summed E-state index contributed by atoms with van der Waals surface area (Å²) in [6.07, 6.45) is -0.824. The average Bonchev–Trinajstić information content (AvgIpc) is 3.13. The quantitative estimate of drug-likeness (QED) is 0.418. The molecule has 0 saturated heterocycles. The van der Waals surface area contributed by atoms with Crippen molar-refractivity contribution in [3.63, 3.8) is 0 Å². The Balaban J connectivity index is 1.50. The van der Waals surface area contributed by atoms with E-state index in [1.807, 2.05) is 36.4 Å². The first-order valence-corrected chi connectivity index (χ1v) is 10.7. The van der Waals surface area contributed by atoms with E-state index in [4.69, 9.17) is 19.3 Å². The number of fused-ring (bicyclic) bond motifs is 3. The number of carbonyl (C=O) groups is 3. The van der Waals surface area contributed by atoms with Gasteiger partial charge in [-0.1, -0.05) is 48.5 Å². The summed E-state index contributed by atoms with van der Waals surface area (Å²) in [5, 5.41) is 13.7. The summed E-state index contributed by atoms with van der Waals surface area (Å²) < 4.78 is 15.7. The smallest absolute Gasteiger partial charge is 0.407 e. The van der Waals surface area contributed by atoms with Crippen LogP contribution in [0.1, 0.15) is 23.5 Å². The molecular formula is C24H28N2O7. The molecule has 3 N–H and O–H groups in total. The number of ether oxygens (including phenoxy) is 3. The Kier molecular flexibility index (Phi) is 8.79. The number of carbonyl (C=O) groups excluding carboxylic acids is 2. The van der Waals surface area contributed by atoms with Crippen LogP contribution in [-0.4, -0.2) is 69.2 Å². The van der Waals surface area contributed by atoms with Crippen LogP contribution in [-0.2, 0) is 23.8 Å². The van der Waals surface area contributed by atoms with Gasteiger partial charge in [0.25, 0.3) is 0 Å². The maximum absolute atomic E-state index is 12.4. The van der Waals surface area contributed by atoms with Gasteiger partial charge in [-0.3, -0.25) is 9.59 Å². The van der Waals surface area contributed by atoms with Crippen molar-refractivity contribution >= 4 is 18.0 Å². The van der Waals surface area contributed by atoms with Crippen LogP contribution in [0.25, 0.3) is 11.1 Å². The molecule has 33 heavy (non-hydrogen) atoms. The lowest BCUT2D eigenvalue weighted by atomic mass is 9.98. The third-order valence-electron chi connectivity index (χ3n) is 5.29. The van der Waals surface area contributed by atoms with Crippen LogP contribution >= 0.6 is 0 Å². The van der Waals surface area contributed by atoms with Gasteiger partial charge in [-0.25, -0.2) is 4.79 Å². The van der Waals surface area contributed by atoms with Gasteiger partial charge in [0.15, 0.2) is 0 Å². The molecule has 9 nitrogen and oxygen atoms in total. The molecule has 0 aliphatic heterocycles. The van der Waals surface area contributed by atoms with Crippen LogP contribution in [0.3, 0.4) is 0 Å². The highest BCUT2D eigenvalue weighted by molar-refractivity contribution is 5.86. The molecule has 0 heterocycles. The first-order valence-electron chi connectivity index (χ1n) is 10.7. The van der Waals surface area contributed by atoms with E-state index < -0.39 is 24.0 Å². The Morgan fingerprint density at radius 2 is 1.64 bits per heavy atom. The number of methoxy groups -OCH3 is 1. The van der Waals surface area contributed by atoms with Crippen molar-refractivity contribution in [3.8, 4) is 11.1 Å². The van der Waals surface area contributed by atoms with Gasteiger partial charge >= 0.3 is 12.1 Å². The van der Waals surface area contributed by atoms with Gasteiger partial charge in [-0.05, 0) is 22.3 Å². The Morgan fingerprint density at radius 3 is 2.24 bits per heavy atom. The average molecular weight is 456 g/mol. The maximum Gasteiger partial charge on any atom is 0.407 e. The number of alkyl carbamates (subject to hydrolysis) is 1. The molecule has 0 aromatic heterocycles. The third-order valence-corrected chi connectivity index (χ3v) is 5.29. The minimum atomic E-state index is -0.952. The van der Waals surface area contributed by atoms with E-state index >= 15 is 0 Å². The lowest BCUT2D eigenvalue weighted by molar-refractivity contribution is -0.138. The molecule has 2 amide bonds. The Morgan fingerprint density at radius 1 is 1.00 bits per heavy atom. The molecule has 0 fully saturated rings. The number of carboxylic acids is 1. The van der Waals surface area contributed by atoms with Gasteiger partial charge in [0.2, 0.25) is 5.91 Å². The molecule has 2 aromatic rings. The molecule has 9 heteroatoms. The number of carboxylic acid groups (broad SMARTS) is 1. The Bertz CT molecular complexity index is 933. The summed E-state index contributed by atoms with van der Waals surface area (Å²) >= 11 is 0. The lowest BCUT2D eigenvalue weighted by Gasteiger charge is -2.19. The van der Waals surface area contributed by atoms with Crippen molar-refractivity contribution in [1.29, 1.82) is 0 Å². The van der Waals surface area contributed by atoms with Crippen LogP contribution in [0, 0.1) is 0 Å². The zero-order valence-electron chi connectivity index (χ0n) is 18.4. The Hall–Kier alpha value is -3.43. The van der Waals surface area contributed by atoms with Gasteiger partial charge in [0.05, 0.1) is 26.2 Å². The van der Waals surface area contributed by atoms with E-state index in [2.05, 4.69) is 22.8 Å². The molecule has 176 valence electrons. The molecule has 0 bridgehead atoms. The number of hydrogen-bond acceptors (Lipinski definition) is 6. The number of amides is 2. The summed E-state index contributed by atoms with van der Waals surface area (Å²) in [6.45, 7) is 0.494. The van der Waals surface area contributed by atoms with E-state index in [1.165, 1.54) is 7.11 Å². The molecule has 0 radical (unpaired) electrons. The van der Waals surface area contributed by atoms with Crippen LogP contribution in [0.15, 0.2) is 48.5 Å². The lowest BCUT2D eigenvalue weighted by Crippen LogP contribution is -2.50. The fraction of sp³-hybridized carbons (Fsp3) is 0.375. The zero-order chi connectivity index (χ0) is 23.6. The van der Waals surface area contributed by atoms with Crippen LogP contribution < -0.4 is 10.6 Å². The maximum atomic E-state index is 12.4. The van der Waals surface area contributed by atoms with E-state index in [0.29, 0.717) is 0 Å². The SMILES string of the molecule is COCC(NC(=O)OCC1c2ccccc2-c2ccccc21)C(=O)NCCOCCC(=O)O. The summed E-state index contributed by atoms with van der Waals surface area (Å²) in [4.78, 5) is 35.3. The van der Waals surface area contributed by atoms with Crippen LogP contribution in [0.4, 0.5) is 4.79 Å². The molecule has 1 aliphatic carbocycles. The Labute approximate surface area is 192 Å². The van der Waals surface area contributed by atoms with Crippen molar-refractivity contribution in [3.05, 3.63) is 59.7 Å². The summed E-state index contributed by atoms with van der Waals surface area (Å²) in [7, 11) is 1.43. The van der Waals surface area contributed by atoms with Gasteiger partial charge in [0.1, 0.15) is 12.6 Å². The van der Waals surface area contributed by atoms with E-state index in [9.17, 15) is 14.4 Å². The van der Waals surface area contributed by atoms with E-state index in [1.54, 1.807) is 0 Å². The molecule has 2 aromatic carbocycles. The van der Waals surface area contributed by atoms with E-state index in [-0.39, 0.29) is 45.3 Å². The number of aliphatic carboxylic acids is 1. The van der Waals surface area contributed by atoms with E-state index in [0.717, 1.165) is 22.3 Å².